The number of nitrogens with zero attached hydrogens (tertiary/aromatic N) is 6. The van der Waals surface area contributed by atoms with Crippen molar-refractivity contribution in [2.75, 3.05) is 44.8 Å². The number of tetrazole rings is 1. The summed E-state index contributed by atoms with van der Waals surface area (Å²) < 4.78 is 13.1. The molecule has 2 aliphatic heterocycles. The molecule has 1 aromatic heterocycles. The number of hydrogen-bond donors (Lipinski definition) is 0. The highest BCUT2D eigenvalue weighted by molar-refractivity contribution is 5.49. The summed E-state index contributed by atoms with van der Waals surface area (Å²) in [5, 5.41) is 12.8. The van der Waals surface area contributed by atoms with Gasteiger partial charge in [0.1, 0.15) is 5.75 Å². The lowest BCUT2D eigenvalue weighted by Crippen LogP contribution is -2.48. The van der Waals surface area contributed by atoms with Crippen LogP contribution in [0.3, 0.4) is 0 Å². The summed E-state index contributed by atoms with van der Waals surface area (Å²) >= 11 is 0. The second-order valence-electron chi connectivity index (χ2n) is 8.72. The summed E-state index contributed by atoms with van der Waals surface area (Å²) in [7, 11) is 1.70. The molecule has 0 bridgehead atoms. The first kappa shape index (κ1) is 21.1. The molecule has 0 radical (unpaired) electrons. The summed E-state index contributed by atoms with van der Waals surface area (Å²) in [5.41, 5.74) is 1.25. The smallest absolute Gasteiger partial charge is 0.168 e. The molecule has 0 aliphatic carbocycles. The van der Waals surface area contributed by atoms with Crippen molar-refractivity contribution in [2.24, 2.45) is 5.92 Å². The van der Waals surface area contributed by atoms with E-state index in [0.717, 1.165) is 70.2 Å². The van der Waals surface area contributed by atoms with E-state index in [0.29, 0.717) is 5.92 Å². The number of ether oxygens (including phenoxy) is 2. The molecule has 1 aromatic carbocycles. The van der Waals surface area contributed by atoms with Gasteiger partial charge in [0.05, 0.1) is 25.8 Å². The molecule has 164 valence electrons. The minimum atomic E-state index is 0.235. The monoisotopic (exact) mass is 414 g/mol. The highest BCUT2D eigenvalue weighted by atomic mass is 16.5. The van der Waals surface area contributed by atoms with Crippen LogP contribution in [0.25, 0.3) is 0 Å². The van der Waals surface area contributed by atoms with Gasteiger partial charge >= 0.3 is 0 Å². The number of piperazine rings is 1. The molecule has 4 rings (SSSR count). The molecule has 0 spiro atoms. The van der Waals surface area contributed by atoms with Gasteiger partial charge in [-0.25, -0.2) is 4.68 Å². The number of rotatable bonds is 8. The molecule has 2 atom stereocenters. The Morgan fingerprint density at radius 2 is 1.90 bits per heavy atom. The van der Waals surface area contributed by atoms with Crippen LogP contribution >= 0.6 is 0 Å². The van der Waals surface area contributed by atoms with Gasteiger partial charge < -0.3 is 14.4 Å². The molecule has 8 heteroatoms. The lowest BCUT2D eigenvalue weighted by Gasteiger charge is -2.40. The fourth-order valence-corrected chi connectivity index (χ4v) is 4.51. The highest BCUT2D eigenvalue weighted by Crippen LogP contribution is 2.29. The van der Waals surface area contributed by atoms with E-state index in [2.05, 4.69) is 51.3 Å². The molecular weight excluding hydrogens is 380 g/mol. The summed E-state index contributed by atoms with van der Waals surface area (Å²) in [6.45, 7) is 10.1. The van der Waals surface area contributed by atoms with E-state index in [9.17, 15) is 0 Å². The first-order valence-corrected chi connectivity index (χ1v) is 11.1. The Hall–Kier alpha value is -2.19. The molecule has 0 unspecified atom stereocenters. The normalized spacial score (nSPS) is 21.3. The van der Waals surface area contributed by atoms with Gasteiger partial charge in [-0.1, -0.05) is 13.8 Å². The number of anilines is 1. The molecule has 0 saturated carbocycles. The minimum Gasteiger partial charge on any atom is -0.497 e. The minimum absolute atomic E-state index is 0.235. The van der Waals surface area contributed by atoms with Gasteiger partial charge in [0.25, 0.3) is 0 Å². The third-order valence-electron chi connectivity index (χ3n) is 6.15. The van der Waals surface area contributed by atoms with Crippen LogP contribution in [0.2, 0.25) is 0 Å². The van der Waals surface area contributed by atoms with Crippen molar-refractivity contribution < 1.29 is 9.47 Å². The van der Waals surface area contributed by atoms with Gasteiger partial charge in [0.15, 0.2) is 5.82 Å². The Kier molecular flexibility index (Phi) is 6.84. The largest absolute Gasteiger partial charge is 0.497 e. The number of hydrogen-bond acceptors (Lipinski definition) is 7. The maximum atomic E-state index is 5.82. The predicted molar refractivity (Wildman–Crippen MR) is 116 cm³/mol. The topological polar surface area (TPSA) is 68.5 Å². The second kappa shape index (κ2) is 9.75. The van der Waals surface area contributed by atoms with Gasteiger partial charge in [-0.05, 0) is 59.9 Å². The molecule has 30 heavy (non-hydrogen) atoms. The Bertz CT molecular complexity index is 779. The molecule has 0 amide bonds. The predicted octanol–water partition coefficient (Wildman–Crippen LogP) is 2.77. The SMILES string of the molecule is COc1ccc(N2CCN([C@@H](CC(C)C)c3nnnn3C[C@@H]3CCCO3)CC2)cc1. The number of aromatic nitrogens is 4. The van der Waals surface area contributed by atoms with Crippen molar-refractivity contribution in [3.63, 3.8) is 0 Å². The van der Waals surface area contributed by atoms with Crippen LogP contribution in [0.1, 0.15) is 45.0 Å². The molecule has 2 aliphatic rings. The Balaban J connectivity index is 1.44. The van der Waals surface area contributed by atoms with Crippen molar-refractivity contribution >= 4 is 5.69 Å². The quantitative estimate of drug-likeness (QED) is 0.658. The van der Waals surface area contributed by atoms with Gasteiger partial charge in [-0.3, -0.25) is 4.90 Å². The fourth-order valence-electron chi connectivity index (χ4n) is 4.51. The van der Waals surface area contributed by atoms with Crippen LogP contribution in [0.4, 0.5) is 5.69 Å². The Morgan fingerprint density at radius 1 is 1.13 bits per heavy atom. The van der Waals surface area contributed by atoms with Crippen LogP contribution in [0.15, 0.2) is 24.3 Å². The zero-order valence-corrected chi connectivity index (χ0v) is 18.4. The molecule has 2 fully saturated rings. The van der Waals surface area contributed by atoms with E-state index in [1.54, 1.807) is 7.11 Å². The van der Waals surface area contributed by atoms with Crippen molar-refractivity contribution in [2.45, 2.75) is 51.8 Å². The molecule has 3 heterocycles. The molecular formula is C22H34N6O2. The van der Waals surface area contributed by atoms with Crippen LogP contribution in [0, 0.1) is 5.92 Å². The van der Waals surface area contributed by atoms with Gasteiger partial charge in [-0.2, -0.15) is 0 Å². The average Bonchev–Trinajstić information content (AvgIpc) is 3.45. The van der Waals surface area contributed by atoms with Gasteiger partial charge in [0.2, 0.25) is 0 Å². The highest BCUT2D eigenvalue weighted by Gasteiger charge is 2.31. The van der Waals surface area contributed by atoms with Crippen molar-refractivity contribution in [3.05, 3.63) is 30.1 Å². The summed E-state index contributed by atoms with van der Waals surface area (Å²) in [6.07, 6.45) is 3.51. The first-order valence-electron chi connectivity index (χ1n) is 11.1. The molecule has 2 saturated heterocycles. The maximum absolute atomic E-state index is 5.82. The third kappa shape index (κ3) is 4.92. The van der Waals surface area contributed by atoms with E-state index in [1.165, 1.54) is 5.69 Å². The Morgan fingerprint density at radius 3 is 2.53 bits per heavy atom. The lowest BCUT2D eigenvalue weighted by atomic mass is 10.0. The zero-order valence-electron chi connectivity index (χ0n) is 18.4. The number of benzene rings is 1. The van der Waals surface area contributed by atoms with Crippen molar-refractivity contribution in [1.29, 1.82) is 0 Å². The lowest BCUT2D eigenvalue weighted by molar-refractivity contribution is 0.0885. The van der Waals surface area contributed by atoms with E-state index >= 15 is 0 Å². The fraction of sp³-hybridized carbons (Fsp3) is 0.682. The van der Waals surface area contributed by atoms with Crippen LogP contribution in [-0.4, -0.2) is 71.1 Å². The molecule has 2 aromatic rings. The summed E-state index contributed by atoms with van der Waals surface area (Å²) in [4.78, 5) is 5.00. The van der Waals surface area contributed by atoms with Gasteiger partial charge in [0, 0.05) is 38.5 Å². The standard InChI is InChI=1S/C22H34N6O2/c1-17(2)15-21(22-23-24-25-28(22)16-20-5-4-14-30-20)27-12-10-26(11-13-27)18-6-8-19(29-3)9-7-18/h6-9,17,20-21H,4-5,10-16H2,1-3H3/t20-,21-/m0/s1. The molecule has 8 nitrogen and oxygen atoms in total. The van der Waals surface area contributed by atoms with Crippen molar-refractivity contribution in [3.8, 4) is 5.75 Å². The number of methoxy groups -OCH3 is 1. The van der Waals surface area contributed by atoms with E-state index in [1.807, 2.05) is 16.8 Å². The van der Waals surface area contributed by atoms with E-state index in [4.69, 9.17) is 9.47 Å². The van der Waals surface area contributed by atoms with Crippen LogP contribution in [0.5, 0.6) is 5.75 Å². The average molecular weight is 415 g/mol. The Labute approximate surface area is 179 Å². The van der Waals surface area contributed by atoms with E-state index in [-0.39, 0.29) is 12.1 Å². The first-order chi connectivity index (χ1) is 14.6. The maximum Gasteiger partial charge on any atom is 0.168 e. The van der Waals surface area contributed by atoms with E-state index < -0.39 is 0 Å². The zero-order chi connectivity index (χ0) is 20.9. The summed E-state index contributed by atoms with van der Waals surface area (Å²) in [6, 6.07) is 8.58. The second-order valence-corrected chi connectivity index (χ2v) is 8.72. The third-order valence-corrected chi connectivity index (χ3v) is 6.15. The van der Waals surface area contributed by atoms with Gasteiger partial charge in [-0.15, -0.1) is 5.10 Å². The summed E-state index contributed by atoms with van der Waals surface area (Å²) in [5.74, 6) is 2.45. The van der Waals surface area contributed by atoms with Crippen LogP contribution < -0.4 is 9.64 Å². The van der Waals surface area contributed by atoms with Crippen molar-refractivity contribution in [1.82, 2.24) is 25.1 Å². The van der Waals surface area contributed by atoms with Crippen LogP contribution in [-0.2, 0) is 11.3 Å². The molecule has 0 N–H and O–H groups in total.